The predicted octanol–water partition coefficient (Wildman–Crippen LogP) is 1.61. The summed E-state index contributed by atoms with van der Waals surface area (Å²) in [4.78, 5) is 37.0. The summed E-state index contributed by atoms with van der Waals surface area (Å²) < 4.78 is 16.9. The number of aliphatic hydroxyl groups is 1. The summed E-state index contributed by atoms with van der Waals surface area (Å²) in [6, 6.07) is 0. The highest BCUT2D eigenvalue weighted by atomic mass is 16.6. The zero-order chi connectivity index (χ0) is 19.9. The number of fused-ring (bicyclic) bond motifs is 3. The summed E-state index contributed by atoms with van der Waals surface area (Å²) >= 11 is 0. The lowest BCUT2D eigenvalue weighted by Crippen LogP contribution is -2.42. The van der Waals surface area contributed by atoms with Crippen LogP contribution in [-0.4, -0.2) is 47.2 Å². The van der Waals surface area contributed by atoms with Crippen LogP contribution in [0.1, 0.15) is 33.6 Å². The van der Waals surface area contributed by atoms with E-state index in [-0.39, 0.29) is 42.5 Å². The number of rotatable bonds is 4. The molecule has 3 rings (SSSR count). The Bertz CT molecular complexity index is 760. The van der Waals surface area contributed by atoms with Gasteiger partial charge < -0.3 is 19.3 Å². The van der Waals surface area contributed by atoms with Crippen LogP contribution in [0, 0.1) is 11.8 Å². The van der Waals surface area contributed by atoms with Gasteiger partial charge in [-0.2, -0.15) is 0 Å². The standard InChI is InChI=1S/C20H24O7/c1-10(2)5-17(23)25-15-8-20(4)16(22)7-13(27-20)12(9-21)6-14-18(15)11(3)19(24)26-14/h6-7,10,14-15,18,21H,3,5,8-9H2,1-2,4H3/b12-6-/t14-,15-,18+,20-/m1/s1. The molecule has 3 aliphatic heterocycles. The van der Waals surface area contributed by atoms with Crippen LogP contribution < -0.4 is 0 Å². The first kappa shape index (κ1) is 19.4. The van der Waals surface area contributed by atoms with Gasteiger partial charge >= 0.3 is 11.9 Å². The lowest BCUT2D eigenvalue weighted by Gasteiger charge is -2.31. The van der Waals surface area contributed by atoms with Gasteiger partial charge in [0, 0.05) is 30.1 Å². The zero-order valence-corrected chi connectivity index (χ0v) is 15.7. The molecular weight excluding hydrogens is 352 g/mol. The number of hydrogen-bond donors (Lipinski definition) is 1. The molecule has 146 valence electrons. The van der Waals surface area contributed by atoms with Crippen molar-refractivity contribution in [3.05, 3.63) is 35.6 Å². The monoisotopic (exact) mass is 376 g/mol. The maximum atomic E-state index is 12.5. The third-order valence-corrected chi connectivity index (χ3v) is 5.08. The van der Waals surface area contributed by atoms with E-state index in [0.29, 0.717) is 5.57 Å². The van der Waals surface area contributed by atoms with E-state index in [1.165, 1.54) is 6.08 Å². The maximum Gasteiger partial charge on any atom is 0.334 e. The zero-order valence-electron chi connectivity index (χ0n) is 15.7. The molecule has 0 unspecified atom stereocenters. The van der Waals surface area contributed by atoms with Crippen LogP contribution in [0.15, 0.2) is 35.6 Å². The molecule has 7 nitrogen and oxygen atoms in total. The number of aliphatic hydroxyl groups excluding tert-OH is 1. The number of ketones is 1. The topological polar surface area (TPSA) is 99.1 Å². The van der Waals surface area contributed by atoms with Crippen LogP contribution in [0.25, 0.3) is 0 Å². The lowest BCUT2D eigenvalue weighted by molar-refractivity contribution is -0.158. The molecule has 3 aliphatic rings. The summed E-state index contributed by atoms with van der Waals surface area (Å²) in [6.07, 6.45) is 1.55. The minimum Gasteiger partial charge on any atom is -0.479 e. The first-order valence-electron chi connectivity index (χ1n) is 9.01. The van der Waals surface area contributed by atoms with Crippen molar-refractivity contribution in [3.8, 4) is 0 Å². The molecule has 2 bridgehead atoms. The molecule has 0 spiro atoms. The minimum atomic E-state index is -1.26. The number of hydrogen-bond acceptors (Lipinski definition) is 7. The molecule has 0 aromatic heterocycles. The van der Waals surface area contributed by atoms with Gasteiger partial charge in [-0.05, 0) is 18.9 Å². The van der Waals surface area contributed by atoms with Gasteiger partial charge in [-0.1, -0.05) is 20.4 Å². The van der Waals surface area contributed by atoms with E-state index in [1.54, 1.807) is 13.0 Å². The summed E-state index contributed by atoms with van der Waals surface area (Å²) in [5.41, 5.74) is -0.731. The first-order valence-corrected chi connectivity index (χ1v) is 9.01. The van der Waals surface area contributed by atoms with E-state index >= 15 is 0 Å². The molecule has 0 aromatic carbocycles. The van der Waals surface area contributed by atoms with Gasteiger partial charge in [0.1, 0.15) is 18.0 Å². The van der Waals surface area contributed by atoms with Gasteiger partial charge in [-0.3, -0.25) is 9.59 Å². The second-order valence-corrected chi connectivity index (χ2v) is 7.81. The third kappa shape index (κ3) is 3.56. The van der Waals surface area contributed by atoms with E-state index in [2.05, 4.69) is 6.58 Å². The Morgan fingerprint density at radius 1 is 1.44 bits per heavy atom. The predicted molar refractivity (Wildman–Crippen MR) is 94.2 cm³/mol. The largest absolute Gasteiger partial charge is 0.479 e. The number of carbonyl (C=O) groups excluding carboxylic acids is 3. The van der Waals surface area contributed by atoms with Crippen molar-refractivity contribution in [2.45, 2.75) is 51.4 Å². The normalized spacial score (nSPS) is 34.6. The van der Waals surface area contributed by atoms with E-state index in [1.807, 2.05) is 13.8 Å². The minimum absolute atomic E-state index is 0.0546. The highest BCUT2D eigenvalue weighted by Crippen LogP contribution is 2.42. The van der Waals surface area contributed by atoms with Gasteiger partial charge in [0.2, 0.25) is 5.78 Å². The van der Waals surface area contributed by atoms with Crippen molar-refractivity contribution in [2.24, 2.45) is 11.8 Å². The fraction of sp³-hybridized carbons (Fsp3) is 0.550. The van der Waals surface area contributed by atoms with Crippen LogP contribution in [0.2, 0.25) is 0 Å². The Morgan fingerprint density at radius 3 is 2.78 bits per heavy atom. The summed E-state index contributed by atoms with van der Waals surface area (Å²) in [6.45, 7) is 8.81. The Balaban J connectivity index is 2.02. The second kappa shape index (κ2) is 6.96. The number of carbonyl (C=O) groups is 3. The molecule has 0 aromatic rings. The Kier molecular flexibility index (Phi) is 4.99. The molecule has 4 atom stereocenters. The van der Waals surface area contributed by atoms with Crippen LogP contribution in [0.5, 0.6) is 0 Å². The van der Waals surface area contributed by atoms with Gasteiger partial charge in [-0.15, -0.1) is 0 Å². The van der Waals surface area contributed by atoms with E-state index in [4.69, 9.17) is 14.2 Å². The Labute approximate surface area is 157 Å². The maximum absolute atomic E-state index is 12.5. The SMILES string of the molecule is C=C1C(=O)O[C@@H]2/C=C(/CO)C3=CC(=O)[C@@](C)(C[C@@H](OC(=O)CC(C)C)[C@@H]12)O3. The fourth-order valence-electron chi connectivity index (χ4n) is 3.66. The molecule has 0 aliphatic carbocycles. The van der Waals surface area contributed by atoms with Gasteiger partial charge in [0.25, 0.3) is 0 Å². The molecule has 0 radical (unpaired) electrons. The van der Waals surface area contributed by atoms with Crippen molar-refractivity contribution in [2.75, 3.05) is 6.61 Å². The second-order valence-electron chi connectivity index (χ2n) is 7.81. The summed E-state index contributed by atoms with van der Waals surface area (Å²) in [5, 5.41) is 9.70. The van der Waals surface area contributed by atoms with E-state index in [0.717, 1.165) is 0 Å². The average molecular weight is 376 g/mol. The lowest BCUT2D eigenvalue weighted by atomic mass is 9.82. The molecule has 1 fully saturated rings. The van der Waals surface area contributed by atoms with Crippen LogP contribution in [0.3, 0.4) is 0 Å². The third-order valence-electron chi connectivity index (χ3n) is 5.08. The van der Waals surface area contributed by atoms with Crippen molar-refractivity contribution >= 4 is 17.7 Å². The first-order chi connectivity index (χ1) is 12.6. The van der Waals surface area contributed by atoms with E-state index in [9.17, 15) is 19.5 Å². The quantitative estimate of drug-likeness (QED) is 0.588. The highest BCUT2D eigenvalue weighted by molar-refractivity contribution is 6.00. The summed E-state index contributed by atoms with van der Waals surface area (Å²) in [5.74, 6) is -1.59. The molecule has 3 heterocycles. The number of esters is 2. The molecule has 1 saturated heterocycles. The molecule has 1 N–H and O–H groups in total. The average Bonchev–Trinajstić information content (AvgIpc) is 3.01. The molecule has 7 heteroatoms. The van der Waals surface area contributed by atoms with Crippen molar-refractivity contribution in [3.63, 3.8) is 0 Å². The van der Waals surface area contributed by atoms with E-state index < -0.39 is 35.7 Å². The smallest absolute Gasteiger partial charge is 0.334 e. The fourth-order valence-corrected chi connectivity index (χ4v) is 3.66. The Hall–Kier alpha value is -2.41. The van der Waals surface area contributed by atoms with Gasteiger partial charge in [0.05, 0.1) is 12.5 Å². The molecule has 27 heavy (non-hydrogen) atoms. The molecular formula is C20H24O7. The van der Waals surface area contributed by atoms with Crippen molar-refractivity contribution in [1.29, 1.82) is 0 Å². The van der Waals surface area contributed by atoms with Gasteiger partial charge in [-0.25, -0.2) is 4.79 Å². The van der Waals surface area contributed by atoms with Gasteiger partial charge in [0.15, 0.2) is 5.60 Å². The Morgan fingerprint density at radius 2 is 2.15 bits per heavy atom. The van der Waals surface area contributed by atoms with Crippen LogP contribution in [0.4, 0.5) is 0 Å². The van der Waals surface area contributed by atoms with Crippen molar-refractivity contribution in [1.82, 2.24) is 0 Å². The molecule has 0 saturated carbocycles. The van der Waals surface area contributed by atoms with Crippen LogP contribution in [-0.2, 0) is 28.6 Å². The van der Waals surface area contributed by atoms with Crippen molar-refractivity contribution < 1.29 is 33.7 Å². The highest BCUT2D eigenvalue weighted by Gasteiger charge is 2.52. The van der Waals surface area contributed by atoms with Crippen LogP contribution >= 0.6 is 0 Å². The number of ether oxygens (including phenoxy) is 3. The molecule has 0 amide bonds. The summed E-state index contributed by atoms with van der Waals surface area (Å²) in [7, 11) is 0.